The first-order valence-corrected chi connectivity index (χ1v) is 7.72. The molecule has 0 spiro atoms. The van der Waals surface area contributed by atoms with E-state index in [-0.39, 0.29) is 23.0 Å². The summed E-state index contributed by atoms with van der Waals surface area (Å²) in [5, 5.41) is 26.3. The van der Waals surface area contributed by atoms with Crippen molar-refractivity contribution in [3.8, 4) is 0 Å². The zero-order valence-electron chi connectivity index (χ0n) is 13.2. The topological polar surface area (TPSA) is 124 Å². The number of non-ortho nitro benzene ring substituents is 1. The molecule has 1 aromatic carbocycles. The number of benzene rings is 1. The average Bonchev–Trinajstić information content (AvgIpc) is 3.09. The molecule has 128 valence electrons. The molecule has 0 unspecified atom stereocenters. The number of pyridine rings is 1. The predicted molar refractivity (Wildman–Crippen MR) is 91.6 cm³/mol. The van der Waals surface area contributed by atoms with Crippen LogP contribution in [0.5, 0.6) is 0 Å². The first kappa shape index (κ1) is 16.5. The number of nitrogens with zero attached hydrogens (tertiary/aromatic N) is 4. The van der Waals surface area contributed by atoms with Crippen molar-refractivity contribution < 1.29 is 9.85 Å². The first-order chi connectivity index (χ1) is 12.1. The normalized spacial score (nSPS) is 18.2. The van der Waals surface area contributed by atoms with E-state index in [0.29, 0.717) is 0 Å². The third-order valence-electron chi connectivity index (χ3n) is 4.08. The summed E-state index contributed by atoms with van der Waals surface area (Å²) in [5.41, 5.74) is 3.88. The molecule has 0 radical (unpaired) electrons. The third kappa shape index (κ3) is 3.60. The minimum absolute atomic E-state index is 0.0748. The van der Waals surface area contributed by atoms with E-state index >= 15 is 0 Å². The van der Waals surface area contributed by atoms with Gasteiger partial charge >= 0.3 is 5.69 Å². The Hall–Kier alpha value is -3.36. The van der Waals surface area contributed by atoms with Crippen molar-refractivity contribution in [2.75, 3.05) is 5.43 Å². The summed E-state index contributed by atoms with van der Waals surface area (Å²) in [6.07, 6.45) is 4.37. The number of hydrazone groups is 1. The predicted octanol–water partition coefficient (Wildman–Crippen LogP) is 3.63. The van der Waals surface area contributed by atoms with Gasteiger partial charge in [-0.25, -0.2) is 0 Å². The molecule has 25 heavy (non-hydrogen) atoms. The number of nitro benzene ring substituents is 2. The van der Waals surface area contributed by atoms with Gasteiger partial charge in [0.15, 0.2) is 0 Å². The quantitative estimate of drug-likeness (QED) is 0.654. The number of aromatic nitrogens is 1. The fourth-order valence-corrected chi connectivity index (χ4v) is 2.87. The van der Waals surface area contributed by atoms with Crippen LogP contribution in [0.2, 0.25) is 0 Å². The second-order valence-corrected chi connectivity index (χ2v) is 5.63. The number of hydrogen-bond acceptors (Lipinski definition) is 7. The molecule has 3 rings (SSSR count). The Kier molecular flexibility index (Phi) is 4.64. The van der Waals surface area contributed by atoms with Crippen LogP contribution in [0.3, 0.4) is 0 Å². The highest BCUT2D eigenvalue weighted by molar-refractivity contribution is 5.93. The Balaban J connectivity index is 1.86. The van der Waals surface area contributed by atoms with Gasteiger partial charge in [0.1, 0.15) is 5.69 Å². The van der Waals surface area contributed by atoms with E-state index in [2.05, 4.69) is 15.5 Å². The highest BCUT2D eigenvalue weighted by atomic mass is 16.6. The van der Waals surface area contributed by atoms with Crippen molar-refractivity contribution in [1.82, 2.24) is 4.98 Å². The third-order valence-corrected chi connectivity index (χ3v) is 4.08. The maximum atomic E-state index is 11.2. The number of hydrogen-bond donors (Lipinski definition) is 1. The van der Waals surface area contributed by atoms with Gasteiger partial charge < -0.3 is 0 Å². The molecule has 0 bridgehead atoms. The fourth-order valence-electron chi connectivity index (χ4n) is 2.87. The van der Waals surface area contributed by atoms with Gasteiger partial charge in [0.05, 0.1) is 15.9 Å². The molecule has 1 aliphatic carbocycles. The molecule has 0 saturated heterocycles. The molecule has 1 aliphatic rings. The van der Waals surface area contributed by atoms with Crippen LogP contribution in [-0.2, 0) is 0 Å². The van der Waals surface area contributed by atoms with Crippen LogP contribution in [-0.4, -0.2) is 20.5 Å². The zero-order chi connectivity index (χ0) is 17.8. The van der Waals surface area contributed by atoms with E-state index in [1.165, 1.54) is 12.1 Å². The molecule has 0 aliphatic heterocycles. The molecular weight excluding hydrogens is 326 g/mol. The molecule has 2 aromatic rings. The second-order valence-electron chi connectivity index (χ2n) is 5.63. The van der Waals surface area contributed by atoms with E-state index in [9.17, 15) is 20.2 Å². The number of anilines is 1. The summed E-state index contributed by atoms with van der Waals surface area (Å²) in [5.74, 6) is 0.0748. The Bertz CT molecular complexity index is 838. The van der Waals surface area contributed by atoms with E-state index in [1.54, 1.807) is 6.20 Å². The van der Waals surface area contributed by atoms with E-state index in [0.717, 1.165) is 36.7 Å². The Morgan fingerprint density at radius 1 is 1.16 bits per heavy atom. The molecule has 9 nitrogen and oxygen atoms in total. The number of nitro groups is 2. The van der Waals surface area contributed by atoms with Gasteiger partial charge in [0, 0.05) is 29.6 Å². The average molecular weight is 341 g/mol. The lowest BCUT2D eigenvalue weighted by molar-refractivity contribution is -0.393. The summed E-state index contributed by atoms with van der Waals surface area (Å²) in [6, 6.07) is 9.11. The lowest BCUT2D eigenvalue weighted by Gasteiger charge is -2.11. The Morgan fingerprint density at radius 3 is 2.68 bits per heavy atom. The highest BCUT2D eigenvalue weighted by Crippen LogP contribution is 2.32. The maximum absolute atomic E-state index is 11.2. The molecule has 9 heteroatoms. The van der Waals surface area contributed by atoms with Crippen LogP contribution in [0.25, 0.3) is 0 Å². The van der Waals surface area contributed by atoms with Crippen molar-refractivity contribution >= 4 is 22.8 Å². The van der Waals surface area contributed by atoms with Crippen molar-refractivity contribution in [3.05, 3.63) is 68.5 Å². The molecule has 0 amide bonds. The molecule has 1 aromatic heterocycles. The molecule has 1 heterocycles. The van der Waals surface area contributed by atoms with Gasteiger partial charge in [0.2, 0.25) is 0 Å². The lowest BCUT2D eigenvalue weighted by atomic mass is 10.0. The van der Waals surface area contributed by atoms with Crippen molar-refractivity contribution in [1.29, 1.82) is 0 Å². The fraction of sp³-hybridized carbons (Fsp3) is 0.250. The SMILES string of the molecule is O=[N+]([O-])c1ccc(N/N=C2/CCC[C@H]2c2ccccn2)c([N+](=O)[O-])c1. The second kappa shape index (κ2) is 7.04. The van der Waals surface area contributed by atoms with Crippen LogP contribution in [0.4, 0.5) is 17.1 Å². The smallest absolute Gasteiger partial charge is 0.272 e. The summed E-state index contributed by atoms with van der Waals surface area (Å²) in [6.45, 7) is 0. The molecule has 1 saturated carbocycles. The van der Waals surface area contributed by atoms with E-state index < -0.39 is 9.85 Å². The number of nitrogens with one attached hydrogen (secondary N) is 1. The standard InChI is InChI=1S/C16H15N5O4/c22-20(23)11-7-8-15(16(10-11)21(24)25)19-18-14-6-3-4-12(14)13-5-1-2-9-17-13/h1-2,5,7-10,12,19H,3-4,6H2/b18-14-/t12-/m0/s1. The van der Waals surface area contributed by atoms with Crippen molar-refractivity contribution in [2.45, 2.75) is 25.2 Å². The summed E-state index contributed by atoms with van der Waals surface area (Å²) >= 11 is 0. The zero-order valence-corrected chi connectivity index (χ0v) is 13.2. The molecule has 1 atom stereocenters. The van der Waals surface area contributed by atoms with Gasteiger partial charge in [-0.05, 0) is 37.5 Å². The van der Waals surface area contributed by atoms with Crippen molar-refractivity contribution in [3.63, 3.8) is 0 Å². The molecular formula is C16H15N5O4. The maximum Gasteiger partial charge on any atom is 0.301 e. The monoisotopic (exact) mass is 341 g/mol. The van der Waals surface area contributed by atoms with Gasteiger partial charge in [-0.15, -0.1) is 0 Å². The van der Waals surface area contributed by atoms with Gasteiger partial charge in [-0.2, -0.15) is 5.10 Å². The molecule has 1 N–H and O–H groups in total. The van der Waals surface area contributed by atoms with Gasteiger partial charge in [-0.1, -0.05) is 6.07 Å². The first-order valence-electron chi connectivity index (χ1n) is 7.72. The van der Waals surface area contributed by atoms with Gasteiger partial charge in [0.25, 0.3) is 5.69 Å². The molecule has 1 fully saturated rings. The van der Waals surface area contributed by atoms with Crippen LogP contribution >= 0.6 is 0 Å². The summed E-state index contributed by atoms with van der Waals surface area (Å²) in [4.78, 5) is 25.0. The largest absolute Gasteiger partial charge is 0.301 e. The minimum atomic E-state index is -0.670. The van der Waals surface area contributed by atoms with E-state index in [1.807, 2.05) is 18.2 Å². The van der Waals surface area contributed by atoms with Crippen LogP contribution in [0, 0.1) is 20.2 Å². The summed E-state index contributed by atoms with van der Waals surface area (Å²) in [7, 11) is 0. The van der Waals surface area contributed by atoms with Crippen molar-refractivity contribution in [2.24, 2.45) is 5.10 Å². The lowest BCUT2D eigenvalue weighted by Crippen LogP contribution is -2.09. The Labute approximate surface area is 142 Å². The van der Waals surface area contributed by atoms with E-state index in [4.69, 9.17) is 0 Å². The van der Waals surface area contributed by atoms with Crippen LogP contribution in [0.15, 0.2) is 47.7 Å². The number of rotatable bonds is 5. The summed E-state index contributed by atoms with van der Waals surface area (Å²) < 4.78 is 0. The van der Waals surface area contributed by atoms with Crippen LogP contribution in [0.1, 0.15) is 30.9 Å². The Morgan fingerprint density at radius 2 is 2.00 bits per heavy atom. The van der Waals surface area contributed by atoms with Crippen LogP contribution < -0.4 is 5.43 Å². The highest BCUT2D eigenvalue weighted by Gasteiger charge is 2.26. The minimum Gasteiger partial charge on any atom is -0.272 e. The van der Waals surface area contributed by atoms with Gasteiger partial charge in [-0.3, -0.25) is 30.6 Å².